The van der Waals surface area contributed by atoms with Crippen LogP contribution in [-0.2, 0) is 29.6 Å². The molecule has 1 radical (unpaired) electrons. The second kappa shape index (κ2) is 19.3. The predicted octanol–water partition coefficient (Wildman–Crippen LogP) is 8.79. The first-order valence-electron chi connectivity index (χ1n) is 15.1. The van der Waals surface area contributed by atoms with E-state index in [0.29, 0.717) is 0 Å². The monoisotopic (exact) mass is 724 g/mol. The van der Waals surface area contributed by atoms with Gasteiger partial charge in [0.2, 0.25) is 0 Å². The van der Waals surface area contributed by atoms with Crippen molar-refractivity contribution in [1.82, 2.24) is 0 Å². The van der Waals surface area contributed by atoms with Crippen LogP contribution in [0.4, 0.5) is 13.2 Å². The normalized spacial score (nSPS) is 26.8. The van der Waals surface area contributed by atoms with Crippen molar-refractivity contribution in [2.45, 2.75) is 133 Å². The molecule has 0 unspecified atom stereocenters. The second-order valence-corrected chi connectivity index (χ2v) is 18.6. The quantitative estimate of drug-likeness (QED) is 0.0970. The second-order valence-electron chi connectivity index (χ2n) is 11.0. The third-order valence-corrected chi connectivity index (χ3v) is 17.9. The molecule has 41 heavy (non-hydrogen) atoms. The van der Waals surface area contributed by atoms with Gasteiger partial charge in [-0.1, -0.05) is 64.1 Å². The number of hydrogen-bond donors (Lipinski definition) is 0. The van der Waals surface area contributed by atoms with Crippen LogP contribution in [0.25, 0.3) is 0 Å². The van der Waals surface area contributed by atoms with Crippen LogP contribution >= 0.6 is 15.8 Å². The fourth-order valence-electron chi connectivity index (χ4n) is 6.51. The Labute approximate surface area is 262 Å². The van der Waals surface area contributed by atoms with Crippen LogP contribution in [0.5, 0.6) is 0 Å². The Balaban J connectivity index is 0.000000407. The Kier molecular flexibility index (Phi) is 18.3. The van der Waals surface area contributed by atoms with Gasteiger partial charge >= 0.3 is 5.51 Å². The van der Waals surface area contributed by atoms with Gasteiger partial charge in [-0.15, -0.1) is 0 Å². The van der Waals surface area contributed by atoms with Crippen LogP contribution in [-0.4, -0.2) is 41.1 Å². The largest absolute Gasteiger partial charge is 0.741 e. The minimum absolute atomic E-state index is 0. The number of hydrogen-bond acceptors (Lipinski definition) is 3. The summed E-state index contributed by atoms with van der Waals surface area (Å²) in [6, 6.07) is 9.87. The predicted molar refractivity (Wildman–Crippen MR) is 170 cm³/mol. The van der Waals surface area contributed by atoms with Gasteiger partial charge in [0.15, 0.2) is 10.1 Å². The Morgan fingerprint density at radius 2 is 0.927 bits per heavy atom. The molecule has 0 N–H and O–H groups in total. The molecule has 2 saturated heterocycles. The van der Waals surface area contributed by atoms with Crippen molar-refractivity contribution in [1.29, 1.82) is 0 Å². The molecule has 2 aliphatic heterocycles. The molecule has 0 saturated carbocycles. The topological polar surface area (TPSA) is 57.2 Å². The number of benzene rings is 1. The fourth-order valence-corrected chi connectivity index (χ4v) is 15.5. The van der Waals surface area contributed by atoms with Gasteiger partial charge in [0.25, 0.3) is 0 Å². The van der Waals surface area contributed by atoms with Crippen molar-refractivity contribution in [2.24, 2.45) is 0 Å². The van der Waals surface area contributed by atoms with Crippen LogP contribution < -0.4 is 10.6 Å². The van der Waals surface area contributed by atoms with Gasteiger partial charge in [0.1, 0.15) is 10.6 Å². The molecule has 3 aliphatic rings. The van der Waals surface area contributed by atoms with Crippen molar-refractivity contribution in [3.8, 4) is 0 Å². The molecule has 4 rings (SSSR count). The summed E-state index contributed by atoms with van der Waals surface area (Å²) in [6.45, 7) is 9.79. The fraction of sp³-hybridized carbons (Fsp3) is 0.677. The van der Waals surface area contributed by atoms with Crippen molar-refractivity contribution >= 4 is 36.6 Å². The Bertz CT molecular complexity index is 952. The molecule has 3 nitrogen and oxygen atoms in total. The molecule has 0 bridgehead atoms. The van der Waals surface area contributed by atoms with E-state index in [9.17, 15) is 13.2 Å². The van der Waals surface area contributed by atoms with E-state index in [1.54, 1.807) is 0 Å². The third-order valence-electron chi connectivity index (χ3n) is 8.62. The van der Waals surface area contributed by atoms with E-state index in [2.05, 4.69) is 76.3 Å². The maximum Gasteiger partial charge on any atom is 0.485 e. The molecule has 4 atom stereocenters. The molecule has 1 aliphatic carbocycles. The first-order chi connectivity index (χ1) is 19.0. The number of rotatable bonds is 6. The van der Waals surface area contributed by atoms with Gasteiger partial charge in [-0.25, -0.2) is 8.42 Å². The van der Waals surface area contributed by atoms with Crippen LogP contribution in [0.15, 0.2) is 48.6 Å². The number of alkyl halides is 3. The Hall–Kier alpha value is -0.117. The standard InChI is InChI=1S/C22H36P2.C8H12.CHF3O3S.Rh/c1-5-17-13-14-18(6-2)23(17)21-11-9-10-12-22(21)24-19(7-3)15-16-20(24)8-4;1-2-4-6-8-7-5-3-1;2-1(3,4)8(5,6)7;/h9-12,17-20H,5-8,13-16H2,1-4H3;1-2,7-8H,3-6H2;(H,5,6,7);/p+1/b;2-1-,8-7-;;/t17-,18-,19-,20-;;;/m1.../s1. The molecule has 0 spiro atoms. The smallest absolute Gasteiger partial charge is 0.485 e. The summed E-state index contributed by atoms with van der Waals surface area (Å²) < 4.78 is 58.9. The van der Waals surface area contributed by atoms with E-state index in [1.807, 2.05) is 10.6 Å². The van der Waals surface area contributed by atoms with Gasteiger partial charge in [0.05, 0.1) is 22.6 Å². The molecule has 0 aromatic heterocycles. The number of allylic oxidation sites excluding steroid dienone is 4. The van der Waals surface area contributed by atoms with Crippen molar-refractivity contribution in [3.05, 3.63) is 48.6 Å². The summed E-state index contributed by atoms with van der Waals surface area (Å²) >= 11 is 0. The molecule has 2 heterocycles. The zero-order valence-electron chi connectivity index (χ0n) is 25.0. The van der Waals surface area contributed by atoms with E-state index < -0.39 is 15.6 Å². The molecule has 2 fully saturated rings. The van der Waals surface area contributed by atoms with Crippen LogP contribution in [0, 0.1) is 0 Å². The van der Waals surface area contributed by atoms with Gasteiger partial charge in [0, 0.05) is 35.3 Å². The van der Waals surface area contributed by atoms with Crippen LogP contribution in [0.1, 0.15) is 105 Å². The molecule has 10 heteroatoms. The summed E-state index contributed by atoms with van der Waals surface area (Å²) in [4.78, 5) is 0. The zero-order valence-corrected chi connectivity index (χ0v) is 29.5. The van der Waals surface area contributed by atoms with Crippen LogP contribution in [0.2, 0.25) is 0 Å². The maximum absolute atomic E-state index is 10.7. The van der Waals surface area contributed by atoms with Crippen molar-refractivity contribution < 1.29 is 45.6 Å². The minimum Gasteiger partial charge on any atom is -0.741 e. The van der Waals surface area contributed by atoms with Gasteiger partial charge in [-0.3, -0.25) is 0 Å². The van der Waals surface area contributed by atoms with E-state index >= 15 is 0 Å². The summed E-state index contributed by atoms with van der Waals surface area (Å²) in [5, 5.41) is 3.79. The minimum atomic E-state index is -6.09. The van der Waals surface area contributed by atoms with E-state index in [1.165, 1.54) is 77.0 Å². The SMILES string of the molecule is C1=C\CC/C=C\CC/1.CC[C@@H]1CC[C@@H](CC)[PH+]1c1ccccc1[PH+]1[C@H](CC)CC[C@H]1CC.O=S(=O)([O-])C(F)(F)F.[Rh]. The first-order valence-corrected chi connectivity index (χ1v) is 19.9. The summed E-state index contributed by atoms with van der Waals surface area (Å²) in [7, 11) is -6.83. The van der Waals surface area contributed by atoms with Gasteiger partial charge in [-0.2, -0.15) is 13.2 Å². The van der Waals surface area contributed by atoms with Crippen molar-refractivity contribution in [3.63, 3.8) is 0 Å². The molecular formula is C31H50F3O3P2RhS+. The molecule has 1 aromatic rings. The molecular weight excluding hydrogens is 674 g/mol. The summed E-state index contributed by atoms with van der Waals surface area (Å²) in [6.07, 6.45) is 25.7. The first kappa shape index (κ1) is 38.9. The summed E-state index contributed by atoms with van der Waals surface area (Å²) in [5.41, 5.74) is -1.52. The average molecular weight is 725 g/mol. The molecule has 1 aromatic carbocycles. The molecule has 0 amide bonds. The van der Waals surface area contributed by atoms with E-state index in [-0.39, 0.29) is 35.3 Å². The Morgan fingerprint density at radius 1 is 0.683 bits per heavy atom. The maximum atomic E-state index is 10.7. The molecule has 237 valence electrons. The van der Waals surface area contributed by atoms with Crippen LogP contribution in [0.3, 0.4) is 0 Å². The third kappa shape index (κ3) is 11.7. The Morgan fingerprint density at radius 3 is 1.12 bits per heavy atom. The number of halogens is 3. The van der Waals surface area contributed by atoms with Crippen molar-refractivity contribution in [2.75, 3.05) is 0 Å². The van der Waals surface area contributed by atoms with Gasteiger partial charge in [-0.05, 0) is 89.2 Å². The zero-order chi connectivity index (χ0) is 29.8. The summed E-state index contributed by atoms with van der Waals surface area (Å²) in [5.74, 6) is 0. The van der Waals surface area contributed by atoms with E-state index in [0.717, 1.165) is 22.6 Å². The van der Waals surface area contributed by atoms with E-state index in [4.69, 9.17) is 13.0 Å². The van der Waals surface area contributed by atoms with Gasteiger partial charge < -0.3 is 4.55 Å². The average Bonchev–Trinajstić information content (AvgIpc) is 3.51.